The van der Waals surface area contributed by atoms with E-state index < -0.39 is 25.2 Å². The van der Waals surface area contributed by atoms with Crippen LogP contribution in [0.3, 0.4) is 0 Å². The van der Waals surface area contributed by atoms with E-state index in [1.54, 1.807) is 0 Å². The number of likely N-dealkylation sites (N-methyl/N-ethyl adjacent to an activating group) is 4. The minimum absolute atomic E-state index is 0.0265. The molecule has 44 heavy (non-hydrogen) atoms. The summed E-state index contributed by atoms with van der Waals surface area (Å²) >= 11 is 3.56. The van der Waals surface area contributed by atoms with Crippen molar-refractivity contribution < 1.29 is 57.3 Å². The number of halogens is 1. The standard InChI is InChI=1S/C31H61BrN4O8/c1-33(21-28(37)41-5)13-14-34(2,22-29(38)42-6)17-18-36(4,24-31(40)44-8)27(19-25-9-11-26(32)12-10-25)20-35(3,16-15-33)23-30(39)43-7/h9-12,27-31,37-40H,13-24H2,1-8H3/q+4. The first kappa shape index (κ1) is 39.4. The van der Waals surface area contributed by atoms with Crippen LogP contribution >= 0.6 is 15.9 Å². The Morgan fingerprint density at radius 1 is 0.614 bits per heavy atom. The van der Waals surface area contributed by atoms with Crippen LogP contribution in [0.2, 0.25) is 0 Å². The normalized spacial score (nSPS) is 33.5. The smallest absolute Gasteiger partial charge is 0.204 e. The molecule has 9 atom stereocenters. The van der Waals surface area contributed by atoms with Crippen LogP contribution in [0.4, 0.5) is 0 Å². The highest BCUT2D eigenvalue weighted by Gasteiger charge is 2.45. The highest BCUT2D eigenvalue weighted by Crippen LogP contribution is 2.25. The molecule has 0 spiro atoms. The lowest BCUT2D eigenvalue weighted by molar-refractivity contribution is -1.03. The monoisotopic (exact) mass is 696 g/mol. The summed E-state index contributed by atoms with van der Waals surface area (Å²) in [6, 6.07) is 8.37. The molecule has 12 nitrogen and oxygen atoms in total. The van der Waals surface area contributed by atoms with E-state index in [4.69, 9.17) is 18.9 Å². The summed E-state index contributed by atoms with van der Waals surface area (Å²) in [6.07, 6.45) is -2.99. The van der Waals surface area contributed by atoms with Gasteiger partial charge in [0.1, 0.15) is 78.0 Å². The Bertz CT molecular complexity index is 982. The molecule has 0 aliphatic carbocycles. The molecular weight excluding hydrogens is 636 g/mol. The lowest BCUT2D eigenvalue weighted by Gasteiger charge is -2.50. The lowest BCUT2D eigenvalue weighted by Crippen LogP contribution is -2.69. The highest BCUT2D eigenvalue weighted by molar-refractivity contribution is 9.10. The summed E-state index contributed by atoms with van der Waals surface area (Å²) in [5.74, 6) is 0. The fraction of sp³-hybridized carbons (Fsp3) is 0.806. The molecule has 1 saturated heterocycles. The molecule has 0 saturated carbocycles. The van der Waals surface area contributed by atoms with E-state index in [1.165, 1.54) is 34.0 Å². The number of aliphatic hydroxyl groups excluding tert-OH is 4. The van der Waals surface area contributed by atoms with Gasteiger partial charge in [-0.1, -0.05) is 28.1 Å². The van der Waals surface area contributed by atoms with Gasteiger partial charge in [-0.05, 0) is 17.7 Å². The minimum atomic E-state index is -0.956. The van der Waals surface area contributed by atoms with E-state index in [0.717, 1.165) is 30.5 Å². The zero-order chi connectivity index (χ0) is 33.2. The Kier molecular flexibility index (Phi) is 15.6. The molecule has 1 aliphatic heterocycles. The van der Waals surface area contributed by atoms with Crippen molar-refractivity contribution in [2.24, 2.45) is 0 Å². The maximum Gasteiger partial charge on any atom is 0.204 e. The van der Waals surface area contributed by atoms with E-state index in [9.17, 15) is 20.4 Å². The summed E-state index contributed by atoms with van der Waals surface area (Å²) in [6.45, 7) is 6.57. The molecule has 0 aromatic heterocycles. The first-order valence-corrected chi connectivity index (χ1v) is 16.2. The molecule has 4 N–H and O–H groups in total. The van der Waals surface area contributed by atoms with Crippen molar-refractivity contribution >= 4 is 15.9 Å². The zero-order valence-electron chi connectivity index (χ0n) is 28.3. The second-order valence-corrected chi connectivity index (χ2v) is 14.8. The Morgan fingerprint density at radius 3 is 1.41 bits per heavy atom. The largest absolute Gasteiger partial charge is 0.364 e. The third kappa shape index (κ3) is 12.4. The van der Waals surface area contributed by atoms with Crippen LogP contribution in [-0.2, 0) is 25.4 Å². The van der Waals surface area contributed by atoms with Gasteiger partial charge >= 0.3 is 0 Å². The average molecular weight is 698 g/mol. The van der Waals surface area contributed by atoms with Gasteiger partial charge in [-0.25, -0.2) is 0 Å². The molecule has 1 fully saturated rings. The van der Waals surface area contributed by atoms with Crippen LogP contribution in [0.25, 0.3) is 0 Å². The highest BCUT2D eigenvalue weighted by atomic mass is 79.9. The van der Waals surface area contributed by atoms with Gasteiger partial charge in [0, 0.05) is 39.3 Å². The van der Waals surface area contributed by atoms with Gasteiger partial charge in [-0.2, -0.15) is 0 Å². The topological polar surface area (TPSA) is 118 Å². The Labute approximate surface area is 273 Å². The Morgan fingerprint density at radius 2 is 0.977 bits per heavy atom. The lowest BCUT2D eigenvalue weighted by atomic mass is 10.00. The van der Waals surface area contributed by atoms with Crippen molar-refractivity contribution in [1.82, 2.24) is 0 Å². The molecule has 1 aromatic rings. The van der Waals surface area contributed by atoms with Gasteiger partial charge in [-0.15, -0.1) is 0 Å². The van der Waals surface area contributed by atoms with Gasteiger partial charge in [0.25, 0.3) is 0 Å². The number of nitrogens with zero attached hydrogens (tertiary/aromatic N) is 4. The molecule has 256 valence electrons. The van der Waals surface area contributed by atoms with Crippen molar-refractivity contribution in [3.63, 3.8) is 0 Å². The van der Waals surface area contributed by atoms with Gasteiger partial charge in [-0.3, -0.25) is 0 Å². The molecule has 1 heterocycles. The number of ether oxygens (including phenoxy) is 4. The quantitative estimate of drug-likeness (QED) is 0.159. The Hall–Kier alpha value is -0.780. The SMILES string of the molecule is COC(O)C[N+]1(C)CC[N+](C)(CC(O)OC)CC[N+](C)(CC(O)OC)C(Cc2ccc(Br)cc2)C[N+](C)(CC(O)OC)CC1. The van der Waals surface area contributed by atoms with Crippen LogP contribution in [0.15, 0.2) is 28.7 Å². The molecule has 0 radical (unpaired) electrons. The third-order valence-corrected chi connectivity index (χ3v) is 10.4. The second-order valence-electron chi connectivity index (χ2n) is 13.8. The number of aliphatic hydroxyl groups is 4. The number of benzene rings is 1. The molecule has 9 unspecified atom stereocenters. The van der Waals surface area contributed by atoms with Gasteiger partial charge in [0.2, 0.25) is 25.2 Å². The first-order chi connectivity index (χ1) is 20.5. The van der Waals surface area contributed by atoms with E-state index >= 15 is 0 Å². The first-order valence-electron chi connectivity index (χ1n) is 15.4. The number of hydrogen-bond donors (Lipinski definition) is 4. The summed E-state index contributed by atoms with van der Waals surface area (Å²) in [5.41, 5.74) is 1.18. The van der Waals surface area contributed by atoms with Crippen LogP contribution in [-0.4, -0.2) is 198 Å². The zero-order valence-corrected chi connectivity index (χ0v) is 29.9. The maximum atomic E-state index is 10.9. The van der Waals surface area contributed by atoms with Crippen LogP contribution in [0.5, 0.6) is 0 Å². The summed E-state index contributed by atoms with van der Waals surface area (Å²) < 4.78 is 24.5. The maximum absolute atomic E-state index is 10.9. The van der Waals surface area contributed by atoms with Crippen molar-refractivity contribution in [2.45, 2.75) is 37.6 Å². The number of quaternary nitrogens is 4. The van der Waals surface area contributed by atoms with Crippen molar-refractivity contribution in [1.29, 1.82) is 0 Å². The van der Waals surface area contributed by atoms with Crippen LogP contribution in [0, 0.1) is 0 Å². The van der Waals surface area contributed by atoms with Crippen molar-refractivity contribution in [2.75, 3.05) is 129 Å². The fourth-order valence-electron chi connectivity index (χ4n) is 6.37. The van der Waals surface area contributed by atoms with E-state index in [-0.39, 0.29) is 6.04 Å². The molecule has 0 bridgehead atoms. The van der Waals surface area contributed by atoms with Crippen LogP contribution in [0.1, 0.15) is 5.56 Å². The summed E-state index contributed by atoms with van der Waals surface area (Å²) in [7, 11) is 14.7. The van der Waals surface area contributed by atoms with Gasteiger partial charge in [0.15, 0.2) is 0 Å². The second kappa shape index (κ2) is 17.4. The van der Waals surface area contributed by atoms with Crippen molar-refractivity contribution in [3.8, 4) is 0 Å². The van der Waals surface area contributed by atoms with E-state index in [2.05, 4.69) is 56.3 Å². The molecule has 0 amide bonds. The van der Waals surface area contributed by atoms with Crippen LogP contribution < -0.4 is 0 Å². The number of methoxy groups -OCH3 is 4. The molecule has 1 aliphatic rings. The number of hydrogen-bond acceptors (Lipinski definition) is 8. The van der Waals surface area contributed by atoms with Gasteiger partial charge in [0.05, 0.1) is 28.2 Å². The van der Waals surface area contributed by atoms with E-state index in [0.29, 0.717) is 70.3 Å². The summed E-state index contributed by atoms with van der Waals surface area (Å²) in [4.78, 5) is 0. The molecule has 1 aromatic carbocycles. The third-order valence-electron chi connectivity index (χ3n) is 9.88. The molecular formula is C31H61BrN4O8+4. The van der Waals surface area contributed by atoms with Crippen molar-refractivity contribution in [3.05, 3.63) is 34.3 Å². The number of rotatable bonds is 14. The van der Waals surface area contributed by atoms with Gasteiger partial charge < -0.3 is 57.3 Å². The fourth-order valence-corrected chi connectivity index (χ4v) is 6.64. The van der Waals surface area contributed by atoms with E-state index in [1.807, 2.05) is 12.1 Å². The average Bonchev–Trinajstić information content (AvgIpc) is 2.98. The Balaban J connectivity index is 2.68. The predicted octanol–water partition coefficient (Wildman–Crippen LogP) is 0.0194. The molecule has 2 rings (SSSR count). The summed E-state index contributed by atoms with van der Waals surface area (Å²) in [5, 5.41) is 42.8. The minimum Gasteiger partial charge on any atom is -0.364 e. The predicted molar refractivity (Wildman–Crippen MR) is 172 cm³/mol. The molecule has 13 heteroatoms.